The topological polar surface area (TPSA) is 78.9 Å². The molecule has 2 aromatic rings. The Kier molecular flexibility index (Phi) is 4.65. The number of nitrogens with one attached hydrogen (secondary N) is 1. The molecule has 0 aromatic heterocycles. The van der Waals surface area contributed by atoms with Crippen molar-refractivity contribution in [1.82, 2.24) is 5.48 Å². The Hall–Kier alpha value is -3.12. The molecule has 0 radical (unpaired) electrons. The van der Waals surface area contributed by atoms with Crippen LogP contribution in [0.25, 0.3) is 5.57 Å². The Morgan fingerprint density at radius 2 is 1.86 bits per heavy atom. The van der Waals surface area contributed by atoms with Gasteiger partial charge in [-0.1, -0.05) is 30.8 Å². The first-order chi connectivity index (χ1) is 13.5. The number of anilines is 1. The van der Waals surface area contributed by atoms with Crippen molar-refractivity contribution in [2.45, 2.75) is 24.9 Å². The van der Waals surface area contributed by atoms with E-state index in [-0.39, 0.29) is 11.4 Å². The Morgan fingerprint density at radius 1 is 1.14 bits per heavy atom. The van der Waals surface area contributed by atoms with Gasteiger partial charge in [0.15, 0.2) is 5.78 Å². The number of hydroxylamine groups is 1. The van der Waals surface area contributed by atoms with E-state index in [0.717, 1.165) is 25.9 Å². The number of hydrogen-bond acceptors (Lipinski definition) is 5. The number of rotatable bonds is 3. The number of amides is 1. The molecular weight excluding hydrogens is 356 g/mol. The van der Waals surface area contributed by atoms with Crippen molar-refractivity contribution in [3.8, 4) is 5.75 Å². The Balaban J connectivity index is 1.52. The van der Waals surface area contributed by atoms with Crippen LogP contribution < -0.4 is 15.1 Å². The van der Waals surface area contributed by atoms with Crippen molar-refractivity contribution in [3.05, 3.63) is 66.2 Å². The second kappa shape index (κ2) is 7.13. The monoisotopic (exact) mass is 378 g/mol. The van der Waals surface area contributed by atoms with E-state index in [1.54, 1.807) is 23.7 Å². The number of benzene rings is 2. The maximum absolute atomic E-state index is 12.9. The SMILES string of the molecule is C=C(C(=O)NO)c1ccc2c(c1)C(=O)CC1(CCN(c3ccccc3)CC1)O2. The third-order valence-electron chi connectivity index (χ3n) is 5.61. The highest BCUT2D eigenvalue weighted by atomic mass is 16.5. The van der Waals surface area contributed by atoms with Crippen LogP contribution in [-0.4, -0.2) is 35.6 Å². The maximum Gasteiger partial charge on any atom is 0.274 e. The Labute approximate surface area is 163 Å². The summed E-state index contributed by atoms with van der Waals surface area (Å²) in [5, 5.41) is 8.77. The van der Waals surface area contributed by atoms with Gasteiger partial charge in [0.2, 0.25) is 0 Å². The van der Waals surface area contributed by atoms with E-state index < -0.39 is 11.5 Å². The summed E-state index contributed by atoms with van der Waals surface area (Å²) in [7, 11) is 0. The normalized spacial score (nSPS) is 17.6. The van der Waals surface area contributed by atoms with E-state index >= 15 is 0 Å². The van der Waals surface area contributed by atoms with Gasteiger partial charge in [0.1, 0.15) is 11.4 Å². The highest BCUT2D eigenvalue weighted by molar-refractivity contribution is 6.18. The molecule has 2 aliphatic heterocycles. The molecule has 4 rings (SSSR count). The number of ketones is 1. The van der Waals surface area contributed by atoms with E-state index in [1.807, 2.05) is 18.2 Å². The number of ether oxygens (including phenoxy) is 1. The minimum absolute atomic E-state index is 0.00784. The number of carbonyl (C=O) groups is 2. The van der Waals surface area contributed by atoms with Crippen LogP contribution in [0, 0.1) is 0 Å². The van der Waals surface area contributed by atoms with E-state index in [1.165, 1.54) is 5.69 Å². The predicted octanol–water partition coefficient (Wildman–Crippen LogP) is 3.21. The maximum atomic E-state index is 12.9. The minimum atomic E-state index is -0.700. The summed E-state index contributed by atoms with van der Waals surface area (Å²) in [6.07, 6.45) is 1.87. The molecule has 1 amide bonds. The lowest BCUT2D eigenvalue weighted by molar-refractivity contribution is -0.123. The van der Waals surface area contributed by atoms with Crippen molar-refractivity contribution >= 4 is 23.0 Å². The van der Waals surface area contributed by atoms with E-state index in [4.69, 9.17) is 9.94 Å². The summed E-state index contributed by atoms with van der Waals surface area (Å²) in [5.41, 5.74) is 3.30. The third kappa shape index (κ3) is 3.27. The van der Waals surface area contributed by atoms with Gasteiger partial charge >= 0.3 is 0 Å². The summed E-state index contributed by atoms with van der Waals surface area (Å²) >= 11 is 0. The summed E-state index contributed by atoms with van der Waals surface area (Å²) < 4.78 is 6.31. The van der Waals surface area contributed by atoms with Gasteiger partial charge in [-0.2, -0.15) is 0 Å². The lowest BCUT2D eigenvalue weighted by Gasteiger charge is -2.44. The van der Waals surface area contributed by atoms with E-state index in [2.05, 4.69) is 23.6 Å². The lowest BCUT2D eigenvalue weighted by Crippen LogP contribution is -2.51. The molecule has 1 spiro atoms. The van der Waals surface area contributed by atoms with Crippen LogP contribution >= 0.6 is 0 Å². The molecule has 2 N–H and O–H groups in total. The third-order valence-corrected chi connectivity index (χ3v) is 5.61. The quantitative estimate of drug-likeness (QED) is 0.487. The first-order valence-corrected chi connectivity index (χ1v) is 9.31. The largest absolute Gasteiger partial charge is 0.486 e. The molecule has 1 fully saturated rings. The number of nitrogens with zero attached hydrogens (tertiary/aromatic N) is 1. The van der Waals surface area contributed by atoms with Gasteiger partial charge in [-0.25, -0.2) is 5.48 Å². The van der Waals surface area contributed by atoms with Crippen LogP contribution in [-0.2, 0) is 4.79 Å². The van der Waals surface area contributed by atoms with Crippen LogP contribution in [0.4, 0.5) is 5.69 Å². The summed E-state index contributed by atoms with van der Waals surface area (Å²) in [6, 6.07) is 15.3. The number of fused-ring (bicyclic) bond motifs is 1. The zero-order chi connectivity index (χ0) is 19.7. The predicted molar refractivity (Wildman–Crippen MR) is 106 cm³/mol. The molecule has 2 aromatic carbocycles. The molecule has 6 nitrogen and oxygen atoms in total. The number of para-hydroxylation sites is 1. The van der Waals surface area contributed by atoms with Crippen molar-refractivity contribution in [1.29, 1.82) is 0 Å². The molecule has 28 heavy (non-hydrogen) atoms. The van der Waals surface area contributed by atoms with Gasteiger partial charge in [0.05, 0.1) is 12.0 Å². The molecule has 0 atom stereocenters. The highest BCUT2D eigenvalue weighted by Crippen LogP contribution is 2.40. The Bertz CT molecular complexity index is 931. The van der Waals surface area contributed by atoms with Gasteiger partial charge in [-0.05, 0) is 29.8 Å². The summed E-state index contributed by atoms with van der Waals surface area (Å²) in [4.78, 5) is 26.7. The molecule has 2 aliphatic rings. The van der Waals surface area contributed by atoms with Crippen LogP contribution in [0.1, 0.15) is 35.2 Å². The molecule has 0 bridgehead atoms. The molecule has 2 heterocycles. The highest BCUT2D eigenvalue weighted by Gasteiger charge is 2.43. The van der Waals surface area contributed by atoms with Crippen LogP contribution in [0.5, 0.6) is 5.75 Å². The standard InChI is InChI=1S/C22H22N2O4/c1-15(21(26)23-27)16-7-8-20-18(13-16)19(25)14-22(28-20)9-11-24(12-10-22)17-5-3-2-4-6-17/h2-8,13,27H,1,9-12,14H2,(H,23,26). The fourth-order valence-electron chi connectivity index (χ4n) is 3.97. The van der Waals surface area contributed by atoms with Crippen molar-refractivity contribution in [2.24, 2.45) is 0 Å². The van der Waals surface area contributed by atoms with E-state index in [0.29, 0.717) is 23.3 Å². The fourth-order valence-corrected chi connectivity index (χ4v) is 3.97. The smallest absolute Gasteiger partial charge is 0.274 e. The first kappa shape index (κ1) is 18.3. The van der Waals surface area contributed by atoms with E-state index in [9.17, 15) is 9.59 Å². The first-order valence-electron chi connectivity index (χ1n) is 9.31. The van der Waals surface area contributed by atoms with Gasteiger partial charge < -0.3 is 9.64 Å². The van der Waals surface area contributed by atoms with Crippen LogP contribution in [0.2, 0.25) is 0 Å². The average Bonchev–Trinajstić information content (AvgIpc) is 2.73. The lowest BCUT2D eigenvalue weighted by atomic mass is 9.82. The second-order valence-corrected chi connectivity index (χ2v) is 7.34. The van der Waals surface area contributed by atoms with Crippen LogP contribution in [0.15, 0.2) is 55.1 Å². The van der Waals surface area contributed by atoms with Gasteiger partial charge in [0, 0.05) is 37.2 Å². The molecule has 1 saturated heterocycles. The second-order valence-electron chi connectivity index (χ2n) is 7.34. The Morgan fingerprint density at radius 3 is 2.54 bits per heavy atom. The molecule has 0 saturated carbocycles. The number of hydrogen-bond donors (Lipinski definition) is 2. The van der Waals surface area contributed by atoms with Crippen LogP contribution in [0.3, 0.4) is 0 Å². The van der Waals surface area contributed by atoms with Crippen molar-refractivity contribution in [2.75, 3.05) is 18.0 Å². The molecule has 144 valence electrons. The summed E-state index contributed by atoms with van der Waals surface area (Å²) in [5.74, 6) is -0.146. The molecule has 6 heteroatoms. The molecule has 0 aliphatic carbocycles. The molecular formula is C22H22N2O4. The number of Topliss-reactive ketones (excluding diaryl/α,β-unsaturated/α-hetero) is 1. The number of piperidine rings is 1. The zero-order valence-electron chi connectivity index (χ0n) is 15.5. The fraction of sp³-hybridized carbons (Fsp3) is 0.273. The van der Waals surface area contributed by atoms with Gasteiger partial charge in [0.25, 0.3) is 5.91 Å². The summed E-state index contributed by atoms with van der Waals surface area (Å²) in [6.45, 7) is 5.32. The van der Waals surface area contributed by atoms with Crippen molar-refractivity contribution in [3.63, 3.8) is 0 Å². The average molecular weight is 378 g/mol. The molecule has 0 unspecified atom stereocenters. The van der Waals surface area contributed by atoms with Gasteiger partial charge in [-0.15, -0.1) is 0 Å². The number of carbonyl (C=O) groups excluding carboxylic acids is 2. The van der Waals surface area contributed by atoms with Gasteiger partial charge in [-0.3, -0.25) is 14.8 Å². The van der Waals surface area contributed by atoms with Crippen molar-refractivity contribution < 1.29 is 19.5 Å². The minimum Gasteiger partial charge on any atom is -0.486 e. The zero-order valence-corrected chi connectivity index (χ0v) is 15.5.